The molecule has 20 heavy (non-hydrogen) atoms. The molecule has 0 saturated carbocycles. The number of rotatable bonds is 4. The number of benzene rings is 1. The largest absolute Gasteiger partial charge is 0.504 e. The van der Waals surface area contributed by atoms with Gasteiger partial charge in [0.25, 0.3) is 0 Å². The number of hydrogen-bond acceptors (Lipinski definition) is 5. The Morgan fingerprint density at radius 3 is 2.75 bits per heavy atom. The van der Waals surface area contributed by atoms with Crippen LogP contribution in [0.1, 0.15) is 19.0 Å². The monoisotopic (exact) mass is 385 g/mol. The minimum atomic E-state index is 0.0866. The van der Waals surface area contributed by atoms with Crippen LogP contribution in [-0.4, -0.2) is 22.2 Å². The second-order valence-corrected chi connectivity index (χ2v) is 5.41. The smallest absolute Gasteiger partial charge is 0.161 e. The first kappa shape index (κ1) is 14.8. The van der Waals surface area contributed by atoms with E-state index in [9.17, 15) is 5.11 Å². The van der Waals surface area contributed by atoms with Crippen LogP contribution in [0.5, 0.6) is 11.5 Å². The van der Waals surface area contributed by atoms with Crippen molar-refractivity contribution in [2.45, 2.75) is 19.8 Å². The molecule has 5 nitrogen and oxygen atoms in total. The Kier molecular flexibility index (Phi) is 4.64. The number of phenols is 1. The molecule has 0 atom stereocenters. The standard InChI is InChI=1S/C14H16IN3O2/c1-3-4-9-12(15)13(16)18-14(17-9)8-5-6-10(19)11(7-8)20-2/h5-7,19H,3-4H2,1-2H3,(H2,16,17,18). The van der Waals surface area contributed by atoms with Gasteiger partial charge in [-0.3, -0.25) is 0 Å². The van der Waals surface area contributed by atoms with Crippen LogP contribution in [0.15, 0.2) is 18.2 Å². The molecule has 0 aliphatic carbocycles. The average molecular weight is 385 g/mol. The second kappa shape index (κ2) is 6.25. The quantitative estimate of drug-likeness (QED) is 0.791. The van der Waals surface area contributed by atoms with Crippen LogP contribution >= 0.6 is 22.6 Å². The lowest BCUT2D eigenvalue weighted by atomic mass is 10.1. The molecule has 0 radical (unpaired) electrons. The second-order valence-electron chi connectivity index (χ2n) is 4.33. The first-order valence-corrected chi connectivity index (χ1v) is 7.34. The minimum absolute atomic E-state index is 0.0866. The fourth-order valence-corrected chi connectivity index (χ4v) is 2.37. The number of methoxy groups -OCH3 is 1. The first-order valence-electron chi connectivity index (χ1n) is 6.26. The van der Waals surface area contributed by atoms with Crippen LogP contribution in [0.2, 0.25) is 0 Å². The number of nitrogens with zero attached hydrogens (tertiary/aromatic N) is 2. The van der Waals surface area contributed by atoms with Crippen molar-refractivity contribution < 1.29 is 9.84 Å². The lowest BCUT2D eigenvalue weighted by Gasteiger charge is -2.10. The molecule has 106 valence electrons. The lowest BCUT2D eigenvalue weighted by Crippen LogP contribution is -2.05. The fraction of sp³-hybridized carbons (Fsp3) is 0.286. The van der Waals surface area contributed by atoms with Crippen molar-refractivity contribution in [1.82, 2.24) is 9.97 Å². The Morgan fingerprint density at radius 2 is 2.10 bits per heavy atom. The fourth-order valence-electron chi connectivity index (χ4n) is 1.86. The number of aryl methyl sites for hydroxylation is 1. The molecule has 0 spiro atoms. The molecule has 2 aromatic rings. The summed E-state index contributed by atoms with van der Waals surface area (Å²) in [5.74, 6) is 1.50. The molecule has 2 rings (SSSR count). The van der Waals surface area contributed by atoms with Crippen LogP contribution in [0.3, 0.4) is 0 Å². The van der Waals surface area contributed by atoms with Crippen molar-refractivity contribution in [3.63, 3.8) is 0 Å². The molecule has 0 unspecified atom stereocenters. The van der Waals surface area contributed by atoms with Crippen molar-refractivity contribution in [3.8, 4) is 22.9 Å². The van der Waals surface area contributed by atoms with Gasteiger partial charge in [0.05, 0.1) is 16.4 Å². The van der Waals surface area contributed by atoms with Crippen molar-refractivity contribution in [2.75, 3.05) is 12.8 Å². The van der Waals surface area contributed by atoms with E-state index in [0.29, 0.717) is 17.4 Å². The summed E-state index contributed by atoms with van der Waals surface area (Å²) in [6.45, 7) is 2.09. The summed E-state index contributed by atoms with van der Waals surface area (Å²) in [7, 11) is 1.50. The van der Waals surface area contributed by atoms with Crippen LogP contribution in [0.4, 0.5) is 5.82 Å². The zero-order chi connectivity index (χ0) is 14.7. The molecule has 6 heteroatoms. The normalized spacial score (nSPS) is 10.6. The molecule has 1 heterocycles. The number of phenolic OH excluding ortho intramolecular Hbond substituents is 1. The number of nitrogen functional groups attached to an aromatic ring is 1. The SMILES string of the molecule is CCCc1nc(-c2ccc(O)c(OC)c2)nc(N)c1I. The summed E-state index contributed by atoms with van der Waals surface area (Å²) in [5.41, 5.74) is 7.66. The van der Waals surface area contributed by atoms with E-state index >= 15 is 0 Å². The Balaban J connectivity index is 2.52. The third-order valence-electron chi connectivity index (χ3n) is 2.87. The van der Waals surface area contributed by atoms with E-state index in [4.69, 9.17) is 10.5 Å². The van der Waals surface area contributed by atoms with E-state index in [1.807, 2.05) is 0 Å². The van der Waals surface area contributed by atoms with Gasteiger partial charge in [0, 0.05) is 5.56 Å². The van der Waals surface area contributed by atoms with Gasteiger partial charge in [0.1, 0.15) is 5.82 Å². The minimum Gasteiger partial charge on any atom is -0.504 e. The van der Waals surface area contributed by atoms with Gasteiger partial charge in [-0.05, 0) is 47.2 Å². The van der Waals surface area contributed by atoms with Crippen molar-refractivity contribution in [3.05, 3.63) is 27.5 Å². The van der Waals surface area contributed by atoms with E-state index in [2.05, 4.69) is 39.5 Å². The van der Waals surface area contributed by atoms with E-state index in [1.165, 1.54) is 7.11 Å². The molecule has 1 aromatic carbocycles. The predicted molar refractivity (Wildman–Crippen MR) is 86.8 cm³/mol. The number of nitrogens with two attached hydrogens (primary N) is 1. The predicted octanol–water partition coefficient (Wildman–Crippen LogP) is 3.00. The molecule has 3 N–H and O–H groups in total. The van der Waals surface area contributed by atoms with Gasteiger partial charge in [-0.2, -0.15) is 0 Å². The van der Waals surface area contributed by atoms with Gasteiger partial charge in [-0.15, -0.1) is 0 Å². The van der Waals surface area contributed by atoms with Crippen LogP contribution in [0.25, 0.3) is 11.4 Å². The number of aromatic hydroxyl groups is 1. The van der Waals surface area contributed by atoms with Gasteiger partial charge in [0.2, 0.25) is 0 Å². The molecular formula is C14H16IN3O2. The highest BCUT2D eigenvalue weighted by Gasteiger charge is 2.12. The number of aromatic nitrogens is 2. The van der Waals surface area contributed by atoms with E-state index in [1.54, 1.807) is 18.2 Å². The maximum Gasteiger partial charge on any atom is 0.161 e. The van der Waals surface area contributed by atoms with E-state index in [-0.39, 0.29) is 5.75 Å². The summed E-state index contributed by atoms with van der Waals surface area (Å²) < 4.78 is 6.00. The number of halogens is 1. The van der Waals surface area contributed by atoms with Gasteiger partial charge in [0.15, 0.2) is 17.3 Å². The Labute approximate surface area is 131 Å². The maximum atomic E-state index is 9.63. The first-order chi connectivity index (χ1) is 9.56. The van der Waals surface area contributed by atoms with Crippen LogP contribution in [0, 0.1) is 3.57 Å². The Morgan fingerprint density at radius 1 is 1.35 bits per heavy atom. The molecule has 1 aromatic heterocycles. The number of ether oxygens (including phenoxy) is 1. The Bertz CT molecular complexity index is 632. The summed E-state index contributed by atoms with van der Waals surface area (Å²) in [6.07, 6.45) is 1.85. The maximum absolute atomic E-state index is 9.63. The van der Waals surface area contributed by atoms with Gasteiger partial charge < -0.3 is 15.6 Å². The summed E-state index contributed by atoms with van der Waals surface area (Å²) in [6, 6.07) is 5.01. The average Bonchev–Trinajstić information content (AvgIpc) is 2.44. The molecule has 0 fully saturated rings. The molecule has 0 bridgehead atoms. The van der Waals surface area contributed by atoms with Gasteiger partial charge in [-0.1, -0.05) is 13.3 Å². The lowest BCUT2D eigenvalue weighted by molar-refractivity contribution is 0.373. The molecule has 0 amide bonds. The molecule has 0 aliphatic heterocycles. The van der Waals surface area contributed by atoms with Crippen molar-refractivity contribution >= 4 is 28.4 Å². The van der Waals surface area contributed by atoms with Crippen LogP contribution in [-0.2, 0) is 6.42 Å². The topological polar surface area (TPSA) is 81.3 Å². The summed E-state index contributed by atoms with van der Waals surface area (Å²) in [4.78, 5) is 8.88. The number of hydrogen-bond donors (Lipinski definition) is 2. The van der Waals surface area contributed by atoms with Crippen molar-refractivity contribution in [2.24, 2.45) is 0 Å². The third-order valence-corrected chi connectivity index (χ3v) is 4.05. The molecule has 0 aliphatic rings. The highest BCUT2D eigenvalue weighted by Crippen LogP contribution is 2.31. The Hall–Kier alpha value is -1.57. The zero-order valence-electron chi connectivity index (χ0n) is 11.4. The molecule has 0 saturated heterocycles. The van der Waals surface area contributed by atoms with Gasteiger partial charge >= 0.3 is 0 Å². The summed E-state index contributed by atoms with van der Waals surface area (Å²) in [5, 5.41) is 9.63. The third kappa shape index (κ3) is 2.95. The zero-order valence-corrected chi connectivity index (χ0v) is 13.5. The summed E-state index contributed by atoms with van der Waals surface area (Å²) >= 11 is 2.17. The van der Waals surface area contributed by atoms with E-state index in [0.717, 1.165) is 27.7 Å². The number of anilines is 1. The highest BCUT2D eigenvalue weighted by atomic mass is 127. The van der Waals surface area contributed by atoms with Crippen molar-refractivity contribution in [1.29, 1.82) is 0 Å². The molecular weight excluding hydrogens is 369 g/mol. The van der Waals surface area contributed by atoms with Crippen LogP contribution < -0.4 is 10.5 Å². The highest BCUT2D eigenvalue weighted by molar-refractivity contribution is 14.1. The van der Waals surface area contributed by atoms with Gasteiger partial charge in [-0.25, -0.2) is 9.97 Å². The van der Waals surface area contributed by atoms with E-state index < -0.39 is 0 Å².